The van der Waals surface area contributed by atoms with Gasteiger partial charge in [-0.25, -0.2) is 0 Å². The summed E-state index contributed by atoms with van der Waals surface area (Å²) in [5, 5.41) is 0. The van der Waals surface area contributed by atoms with Crippen LogP contribution in [0.5, 0.6) is 0 Å². The van der Waals surface area contributed by atoms with Gasteiger partial charge in [0.2, 0.25) is 0 Å². The van der Waals surface area contributed by atoms with E-state index in [9.17, 15) is 0 Å². The molecule has 0 radical (unpaired) electrons. The molecule has 0 aromatic heterocycles. The van der Waals surface area contributed by atoms with Crippen LogP contribution in [0.3, 0.4) is 0 Å². The summed E-state index contributed by atoms with van der Waals surface area (Å²) in [4.78, 5) is 0. The summed E-state index contributed by atoms with van der Waals surface area (Å²) < 4.78 is 0. The zero-order valence-electron chi connectivity index (χ0n) is 11.0. The smallest absolute Gasteiger partial charge is 0.000283 e. The Balaban J connectivity index is 2.73. The SMILES string of the molecule is CC1=C(C)C2(C)C(C)(C)C1(C)C2(C)C. The molecule has 0 heteroatoms. The van der Waals surface area contributed by atoms with Gasteiger partial charge in [0.05, 0.1) is 0 Å². The van der Waals surface area contributed by atoms with Gasteiger partial charge in [0, 0.05) is 10.8 Å². The van der Waals surface area contributed by atoms with E-state index >= 15 is 0 Å². The van der Waals surface area contributed by atoms with Crippen molar-refractivity contribution in [2.75, 3.05) is 0 Å². The standard InChI is InChI=1S/C14H24/c1-9-10(2)14(8)11(3,4)13(9,7)12(14,5)6/h1-8H3. The second kappa shape index (κ2) is 1.99. The van der Waals surface area contributed by atoms with Crippen molar-refractivity contribution >= 4 is 0 Å². The van der Waals surface area contributed by atoms with Crippen LogP contribution in [-0.2, 0) is 0 Å². The highest BCUT2D eigenvalue weighted by Crippen LogP contribution is 2.87. The third kappa shape index (κ3) is 0.506. The molecular weight excluding hydrogens is 168 g/mol. The maximum atomic E-state index is 2.46. The van der Waals surface area contributed by atoms with E-state index in [1.807, 2.05) is 0 Å². The van der Waals surface area contributed by atoms with Crippen LogP contribution in [0.4, 0.5) is 0 Å². The van der Waals surface area contributed by atoms with Crippen molar-refractivity contribution in [3.63, 3.8) is 0 Å². The average Bonchev–Trinajstić information content (AvgIpc) is 2.25. The number of hydrogen-bond acceptors (Lipinski definition) is 0. The van der Waals surface area contributed by atoms with Gasteiger partial charge in [-0.3, -0.25) is 0 Å². The fourth-order valence-electron chi connectivity index (χ4n) is 5.12. The Hall–Kier alpha value is -0.260. The first-order chi connectivity index (χ1) is 6.07. The fourth-order valence-corrected chi connectivity index (χ4v) is 5.12. The maximum Gasteiger partial charge on any atom is 0.000283 e. The minimum atomic E-state index is 0.402. The summed E-state index contributed by atoms with van der Waals surface area (Å²) >= 11 is 0. The number of hydrogen-bond donors (Lipinski definition) is 0. The van der Waals surface area contributed by atoms with Crippen LogP contribution in [0.1, 0.15) is 55.4 Å². The van der Waals surface area contributed by atoms with Crippen LogP contribution >= 0.6 is 0 Å². The second-order valence-electron chi connectivity index (χ2n) is 6.75. The van der Waals surface area contributed by atoms with Crippen LogP contribution in [0.15, 0.2) is 11.1 Å². The Labute approximate surface area is 88.8 Å². The van der Waals surface area contributed by atoms with Crippen LogP contribution in [0, 0.1) is 21.7 Å². The van der Waals surface area contributed by atoms with Crippen molar-refractivity contribution in [1.29, 1.82) is 0 Å². The normalized spacial score (nSPS) is 48.0. The molecule has 0 aromatic carbocycles. The van der Waals surface area contributed by atoms with Gasteiger partial charge in [0.15, 0.2) is 0 Å². The molecule has 1 saturated carbocycles. The Bertz CT molecular complexity index is 293. The lowest BCUT2D eigenvalue weighted by atomic mass is 9.30. The van der Waals surface area contributed by atoms with Gasteiger partial charge in [-0.2, -0.15) is 0 Å². The summed E-state index contributed by atoms with van der Waals surface area (Å²) in [7, 11) is 0. The molecule has 0 atom stereocenters. The van der Waals surface area contributed by atoms with E-state index in [0.29, 0.717) is 21.7 Å². The first-order valence-corrected chi connectivity index (χ1v) is 5.75. The molecule has 80 valence electrons. The van der Waals surface area contributed by atoms with E-state index in [1.165, 1.54) is 0 Å². The third-order valence-corrected chi connectivity index (χ3v) is 7.06. The highest BCUT2D eigenvalue weighted by molar-refractivity contribution is 5.50. The summed E-state index contributed by atoms with van der Waals surface area (Å²) in [5.41, 5.74) is 4.96. The van der Waals surface area contributed by atoms with Crippen molar-refractivity contribution in [3.05, 3.63) is 11.1 Å². The molecule has 0 aromatic rings. The quantitative estimate of drug-likeness (QED) is 0.499. The number of rotatable bonds is 0. The lowest BCUT2D eigenvalue weighted by molar-refractivity contribution is -0.236. The van der Waals surface area contributed by atoms with Gasteiger partial charge < -0.3 is 0 Å². The molecule has 0 unspecified atom stereocenters. The van der Waals surface area contributed by atoms with E-state index < -0.39 is 0 Å². The Morgan fingerprint density at radius 1 is 0.571 bits per heavy atom. The van der Waals surface area contributed by atoms with Crippen LogP contribution in [0.2, 0.25) is 0 Å². The molecule has 0 amide bonds. The summed E-state index contributed by atoms with van der Waals surface area (Å²) in [6.45, 7) is 19.4. The van der Waals surface area contributed by atoms with Crippen LogP contribution in [-0.4, -0.2) is 0 Å². The topological polar surface area (TPSA) is 0 Å². The first-order valence-electron chi connectivity index (χ1n) is 5.75. The molecule has 0 heterocycles. The zero-order chi connectivity index (χ0) is 11.2. The van der Waals surface area contributed by atoms with Gasteiger partial charge in [-0.1, -0.05) is 52.7 Å². The molecule has 0 nitrogen and oxygen atoms in total. The van der Waals surface area contributed by atoms with Crippen molar-refractivity contribution in [1.82, 2.24) is 0 Å². The molecule has 3 aliphatic carbocycles. The van der Waals surface area contributed by atoms with Crippen LogP contribution in [0.25, 0.3) is 0 Å². The summed E-state index contributed by atoms with van der Waals surface area (Å²) in [6.07, 6.45) is 0. The van der Waals surface area contributed by atoms with Crippen molar-refractivity contribution in [3.8, 4) is 0 Å². The lowest BCUT2D eigenvalue weighted by Crippen LogP contribution is -2.68. The molecular formula is C14H24. The molecule has 3 rings (SSSR count). The number of allylic oxidation sites excluding steroid dienone is 2. The van der Waals surface area contributed by atoms with Crippen molar-refractivity contribution in [2.45, 2.75) is 55.4 Å². The van der Waals surface area contributed by atoms with E-state index in [0.717, 1.165) is 0 Å². The van der Waals surface area contributed by atoms with Gasteiger partial charge in [0.1, 0.15) is 0 Å². The van der Waals surface area contributed by atoms with Crippen molar-refractivity contribution in [2.24, 2.45) is 21.7 Å². The Morgan fingerprint density at radius 2 is 0.786 bits per heavy atom. The molecule has 0 aliphatic heterocycles. The van der Waals surface area contributed by atoms with Gasteiger partial charge in [-0.15, -0.1) is 0 Å². The lowest BCUT2D eigenvalue weighted by Gasteiger charge is -2.73. The molecule has 0 saturated heterocycles. The zero-order valence-corrected chi connectivity index (χ0v) is 11.0. The second-order valence-corrected chi connectivity index (χ2v) is 6.75. The fraction of sp³-hybridized carbons (Fsp3) is 0.857. The highest BCUT2D eigenvalue weighted by atomic mass is 14.8. The van der Waals surface area contributed by atoms with Gasteiger partial charge >= 0.3 is 0 Å². The minimum Gasteiger partial charge on any atom is -0.0667 e. The predicted octanol–water partition coefficient (Wildman–Crippen LogP) is 4.42. The molecule has 0 spiro atoms. The van der Waals surface area contributed by atoms with Gasteiger partial charge in [-0.05, 0) is 24.7 Å². The molecule has 3 aliphatic rings. The average molecular weight is 192 g/mol. The van der Waals surface area contributed by atoms with E-state index in [2.05, 4.69) is 55.4 Å². The Kier molecular flexibility index (Phi) is 1.46. The highest BCUT2D eigenvalue weighted by Gasteiger charge is 2.80. The van der Waals surface area contributed by atoms with E-state index in [1.54, 1.807) is 11.1 Å². The Morgan fingerprint density at radius 3 is 0.857 bits per heavy atom. The first kappa shape index (κ1) is 10.3. The maximum absolute atomic E-state index is 2.46. The van der Waals surface area contributed by atoms with Crippen molar-refractivity contribution < 1.29 is 0 Å². The van der Waals surface area contributed by atoms with Gasteiger partial charge in [0.25, 0.3) is 0 Å². The molecule has 14 heavy (non-hydrogen) atoms. The largest absolute Gasteiger partial charge is 0.0667 e. The van der Waals surface area contributed by atoms with E-state index in [-0.39, 0.29) is 0 Å². The minimum absolute atomic E-state index is 0.402. The monoisotopic (exact) mass is 192 g/mol. The molecule has 0 N–H and O–H groups in total. The molecule has 1 fully saturated rings. The third-order valence-electron chi connectivity index (χ3n) is 7.06. The van der Waals surface area contributed by atoms with Crippen LogP contribution < -0.4 is 0 Å². The molecule has 2 bridgehead atoms. The van der Waals surface area contributed by atoms with E-state index in [4.69, 9.17) is 0 Å². The predicted molar refractivity (Wildman–Crippen MR) is 62.2 cm³/mol. The summed E-state index contributed by atoms with van der Waals surface area (Å²) in [5.74, 6) is 0. The summed E-state index contributed by atoms with van der Waals surface area (Å²) in [6, 6.07) is 0.